The van der Waals surface area contributed by atoms with Crippen molar-refractivity contribution in [3.8, 4) is 17.2 Å². The molecule has 6 rings (SSSR count). The molecule has 43 heavy (non-hydrogen) atoms. The first-order chi connectivity index (χ1) is 21.2. The van der Waals surface area contributed by atoms with Gasteiger partial charge in [-0.3, -0.25) is 4.90 Å². The molecule has 0 amide bonds. The standard InChI is InChI=1S/C33H40N6O4/c1-40-30-22-28-29(23-31(30)41-2)36-33(35-25-6-10-26(11-7-25)39-17-19-42-20-18-39)37-32(28)34-24-8-12-27(13-9-24)43-21-16-38-14-4-3-5-15-38/h6-13,22-23H,3-5,14-21H2,1-2H3,(H2,34,35,36,37). The number of hydrogen-bond acceptors (Lipinski definition) is 10. The topological polar surface area (TPSA) is 93.2 Å². The third-order valence-corrected chi connectivity index (χ3v) is 7.94. The van der Waals surface area contributed by atoms with Crippen molar-refractivity contribution < 1.29 is 18.9 Å². The minimum Gasteiger partial charge on any atom is -0.493 e. The molecule has 4 aromatic rings. The summed E-state index contributed by atoms with van der Waals surface area (Å²) in [5.74, 6) is 3.19. The molecule has 0 bridgehead atoms. The van der Waals surface area contributed by atoms with E-state index < -0.39 is 0 Å². The molecular formula is C33H40N6O4. The van der Waals surface area contributed by atoms with E-state index >= 15 is 0 Å². The van der Waals surface area contributed by atoms with Gasteiger partial charge in [-0.2, -0.15) is 4.98 Å². The number of hydrogen-bond donors (Lipinski definition) is 2. The van der Waals surface area contributed by atoms with Gasteiger partial charge in [0.2, 0.25) is 5.95 Å². The summed E-state index contributed by atoms with van der Waals surface area (Å²) in [4.78, 5) is 14.5. The lowest BCUT2D eigenvalue weighted by molar-refractivity contribution is 0.122. The Bertz CT molecular complexity index is 1490. The van der Waals surface area contributed by atoms with Crippen LogP contribution in [0.4, 0.5) is 28.8 Å². The fourth-order valence-electron chi connectivity index (χ4n) is 5.56. The molecule has 3 heterocycles. The van der Waals surface area contributed by atoms with E-state index in [0.717, 1.165) is 60.9 Å². The SMILES string of the molecule is COc1cc2nc(Nc3ccc(N4CCOCC4)cc3)nc(Nc3ccc(OCCN4CCCCC4)cc3)c2cc1OC. The average molecular weight is 585 g/mol. The number of rotatable bonds is 11. The Hall–Kier alpha value is -4.28. The third kappa shape index (κ3) is 7.21. The van der Waals surface area contributed by atoms with Gasteiger partial charge in [0, 0.05) is 48.1 Å². The molecule has 2 fully saturated rings. The smallest absolute Gasteiger partial charge is 0.229 e. The quantitative estimate of drug-likeness (QED) is 0.224. The highest BCUT2D eigenvalue weighted by Crippen LogP contribution is 2.36. The van der Waals surface area contributed by atoms with Crippen LogP contribution >= 0.6 is 0 Å². The second-order valence-corrected chi connectivity index (χ2v) is 10.8. The Morgan fingerprint density at radius 1 is 0.767 bits per heavy atom. The lowest BCUT2D eigenvalue weighted by Gasteiger charge is -2.28. The number of anilines is 5. The largest absolute Gasteiger partial charge is 0.493 e. The summed E-state index contributed by atoms with van der Waals surface area (Å²) < 4.78 is 22.6. The van der Waals surface area contributed by atoms with E-state index in [9.17, 15) is 0 Å². The number of nitrogens with one attached hydrogen (secondary N) is 2. The number of ether oxygens (including phenoxy) is 4. The first-order valence-corrected chi connectivity index (χ1v) is 15.0. The first-order valence-electron chi connectivity index (χ1n) is 15.0. The van der Waals surface area contributed by atoms with E-state index in [2.05, 4.69) is 32.6 Å². The molecule has 2 N–H and O–H groups in total. The molecule has 0 saturated carbocycles. The highest BCUT2D eigenvalue weighted by atomic mass is 16.5. The molecule has 3 aromatic carbocycles. The van der Waals surface area contributed by atoms with E-state index in [1.807, 2.05) is 48.5 Å². The maximum absolute atomic E-state index is 6.03. The molecule has 0 unspecified atom stereocenters. The van der Waals surface area contributed by atoms with E-state index in [1.165, 1.54) is 38.0 Å². The minimum absolute atomic E-state index is 0.471. The molecule has 2 aliphatic heterocycles. The zero-order valence-electron chi connectivity index (χ0n) is 25.0. The Morgan fingerprint density at radius 3 is 2.16 bits per heavy atom. The van der Waals surface area contributed by atoms with Gasteiger partial charge in [-0.25, -0.2) is 4.98 Å². The van der Waals surface area contributed by atoms with Crippen LogP contribution in [-0.4, -0.2) is 81.6 Å². The van der Waals surface area contributed by atoms with E-state index in [0.29, 0.717) is 29.9 Å². The van der Waals surface area contributed by atoms with Crippen molar-refractivity contribution in [3.05, 3.63) is 60.7 Å². The summed E-state index contributed by atoms with van der Waals surface area (Å²) in [6.45, 7) is 7.29. The van der Waals surface area contributed by atoms with Gasteiger partial charge in [-0.15, -0.1) is 0 Å². The summed E-state index contributed by atoms with van der Waals surface area (Å²) in [6.07, 6.45) is 3.91. The molecule has 10 heteroatoms. The number of fused-ring (bicyclic) bond motifs is 1. The molecule has 0 spiro atoms. The molecule has 1 aromatic heterocycles. The summed E-state index contributed by atoms with van der Waals surface area (Å²) in [7, 11) is 3.24. The van der Waals surface area contributed by atoms with Crippen LogP contribution in [0.5, 0.6) is 17.2 Å². The molecule has 2 aliphatic rings. The highest BCUT2D eigenvalue weighted by molar-refractivity contribution is 5.94. The predicted octanol–water partition coefficient (Wildman–Crippen LogP) is 5.84. The highest BCUT2D eigenvalue weighted by Gasteiger charge is 2.15. The van der Waals surface area contributed by atoms with Crippen LogP contribution < -0.4 is 29.7 Å². The van der Waals surface area contributed by atoms with Crippen molar-refractivity contribution in [1.82, 2.24) is 14.9 Å². The normalized spacial score (nSPS) is 15.7. The molecule has 0 radical (unpaired) electrons. The number of morpholine rings is 1. The van der Waals surface area contributed by atoms with Gasteiger partial charge in [-0.05, 0) is 80.5 Å². The van der Waals surface area contributed by atoms with Crippen molar-refractivity contribution in [1.29, 1.82) is 0 Å². The number of benzene rings is 3. The number of piperidine rings is 1. The summed E-state index contributed by atoms with van der Waals surface area (Å²) in [6, 6.07) is 20.1. The summed E-state index contributed by atoms with van der Waals surface area (Å²) in [5.41, 5.74) is 3.68. The zero-order chi connectivity index (χ0) is 29.4. The summed E-state index contributed by atoms with van der Waals surface area (Å²) in [5, 5.41) is 7.67. The van der Waals surface area contributed by atoms with Crippen LogP contribution in [0.3, 0.4) is 0 Å². The van der Waals surface area contributed by atoms with Gasteiger partial charge in [0.25, 0.3) is 0 Å². The Labute approximate surface area is 252 Å². The Balaban J connectivity index is 1.20. The minimum atomic E-state index is 0.471. The molecular weight excluding hydrogens is 544 g/mol. The number of nitrogens with zero attached hydrogens (tertiary/aromatic N) is 4. The van der Waals surface area contributed by atoms with Crippen LogP contribution in [0, 0.1) is 0 Å². The maximum Gasteiger partial charge on any atom is 0.229 e. The van der Waals surface area contributed by atoms with Gasteiger partial charge < -0.3 is 34.5 Å². The average Bonchev–Trinajstić information content (AvgIpc) is 3.06. The monoisotopic (exact) mass is 584 g/mol. The molecule has 0 atom stereocenters. The van der Waals surface area contributed by atoms with E-state index in [-0.39, 0.29) is 0 Å². The number of aromatic nitrogens is 2. The lowest BCUT2D eigenvalue weighted by atomic mass is 10.1. The molecule has 226 valence electrons. The maximum atomic E-state index is 6.03. The van der Waals surface area contributed by atoms with Gasteiger partial charge in [-0.1, -0.05) is 6.42 Å². The second kappa shape index (κ2) is 13.8. The lowest BCUT2D eigenvalue weighted by Crippen LogP contribution is -2.36. The second-order valence-electron chi connectivity index (χ2n) is 10.8. The van der Waals surface area contributed by atoms with Gasteiger partial charge >= 0.3 is 0 Å². The van der Waals surface area contributed by atoms with Crippen LogP contribution in [0.25, 0.3) is 10.9 Å². The molecule has 10 nitrogen and oxygen atoms in total. The van der Waals surface area contributed by atoms with Crippen LogP contribution in [0.2, 0.25) is 0 Å². The van der Waals surface area contributed by atoms with Gasteiger partial charge in [0.15, 0.2) is 11.5 Å². The third-order valence-electron chi connectivity index (χ3n) is 7.94. The van der Waals surface area contributed by atoms with Gasteiger partial charge in [0.05, 0.1) is 33.0 Å². The zero-order valence-corrected chi connectivity index (χ0v) is 25.0. The first kappa shape index (κ1) is 28.8. The Kier molecular flexibility index (Phi) is 9.25. The summed E-state index contributed by atoms with van der Waals surface area (Å²) >= 11 is 0. The van der Waals surface area contributed by atoms with E-state index in [4.69, 9.17) is 28.9 Å². The number of likely N-dealkylation sites (tertiary alicyclic amines) is 1. The predicted molar refractivity (Wildman–Crippen MR) is 171 cm³/mol. The molecule has 2 saturated heterocycles. The van der Waals surface area contributed by atoms with Crippen LogP contribution in [-0.2, 0) is 4.74 Å². The fraction of sp³-hybridized carbons (Fsp3) is 0.394. The van der Waals surface area contributed by atoms with Crippen molar-refractivity contribution >= 4 is 39.7 Å². The van der Waals surface area contributed by atoms with Crippen LogP contribution in [0.15, 0.2) is 60.7 Å². The van der Waals surface area contributed by atoms with Crippen LogP contribution in [0.1, 0.15) is 19.3 Å². The number of methoxy groups -OCH3 is 2. The molecule has 0 aliphatic carbocycles. The fourth-order valence-corrected chi connectivity index (χ4v) is 5.56. The van der Waals surface area contributed by atoms with Crippen molar-refractivity contribution in [2.75, 3.05) is 82.3 Å². The van der Waals surface area contributed by atoms with Crippen molar-refractivity contribution in [2.45, 2.75) is 19.3 Å². The van der Waals surface area contributed by atoms with Crippen molar-refractivity contribution in [3.63, 3.8) is 0 Å². The van der Waals surface area contributed by atoms with Gasteiger partial charge in [0.1, 0.15) is 18.2 Å². The van der Waals surface area contributed by atoms with Crippen molar-refractivity contribution in [2.24, 2.45) is 0 Å². The Morgan fingerprint density at radius 2 is 1.44 bits per heavy atom. The van der Waals surface area contributed by atoms with E-state index in [1.54, 1.807) is 14.2 Å².